The molecule has 1 aliphatic heterocycles. The Balaban J connectivity index is 1.36. The van der Waals surface area contributed by atoms with E-state index in [1.807, 2.05) is 23.5 Å². The van der Waals surface area contributed by atoms with Crippen LogP contribution in [0.25, 0.3) is 0 Å². The first-order valence-electron chi connectivity index (χ1n) is 8.21. The number of carbonyl (C=O) groups is 1. The average molecular weight is 364 g/mol. The van der Waals surface area contributed by atoms with E-state index >= 15 is 0 Å². The maximum absolute atomic E-state index is 12.1. The van der Waals surface area contributed by atoms with Crippen molar-refractivity contribution in [1.29, 1.82) is 0 Å². The number of benzene rings is 1. The number of halogens is 1. The van der Waals surface area contributed by atoms with Gasteiger partial charge in [-0.05, 0) is 29.6 Å². The molecule has 3 rings (SSSR count). The van der Waals surface area contributed by atoms with Gasteiger partial charge in [0.2, 0.25) is 5.91 Å². The summed E-state index contributed by atoms with van der Waals surface area (Å²) in [5, 5.41) is 5.66. The Labute approximate surface area is 152 Å². The Bertz CT molecular complexity index is 654. The molecular formula is C18H22ClN3OS. The second kappa shape index (κ2) is 8.62. The maximum atomic E-state index is 12.1. The summed E-state index contributed by atoms with van der Waals surface area (Å²) in [4.78, 5) is 18.3. The number of amides is 1. The second-order valence-electron chi connectivity index (χ2n) is 6.01. The minimum absolute atomic E-state index is 0.0401. The van der Waals surface area contributed by atoms with E-state index in [0.29, 0.717) is 11.4 Å². The van der Waals surface area contributed by atoms with Crippen molar-refractivity contribution in [1.82, 2.24) is 9.80 Å². The number of carbonyl (C=O) groups excluding carboxylic acids is 1. The van der Waals surface area contributed by atoms with Gasteiger partial charge in [0.15, 0.2) is 0 Å². The van der Waals surface area contributed by atoms with Gasteiger partial charge in [-0.3, -0.25) is 9.69 Å². The number of hydrogen-bond acceptors (Lipinski definition) is 4. The molecule has 1 amide bonds. The Kier molecular flexibility index (Phi) is 6.26. The van der Waals surface area contributed by atoms with Crippen molar-refractivity contribution >= 4 is 34.5 Å². The quantitative estimate of drug-likeness (QED) is 0.852. The molecular weight excluding hydrogens is 342 g/mol. The molecule has 6 heteroatoms. The molecule has 1 aromatic heterocycles. The second-order valence-corrected chi connectivity index (χ2v) is 7.47. The lowest BCUT2D eigenvalue weighted by atomic mass is 10.2. The SMILES string of the molecule is O=C(CCN1CCN(Cc2cccs2)CC1)Nc1cccc(Cl)c1. The van der Waals surface area contributed by atoms with Crippen LogP contribution >= 0.6 is 22.9 Å². The highest BCUT2D eigenvalue weighted by Gasteiger charge is 2.17. The first kappa shape index (κ1) is 17.4. The molecule has 1 aliphatic rings. The normalized spacial score (nSPS) is 16.2. The van der Waals surface area contributed by atoms with Gasteiger partial charge in [0.1, 0.15) is 0 Å². The van der Waals surface area contributed by atoms with Gasteiger partial charge in [-0.25, -0.2) is 0 Å². The zero-order chi connectivity index (χ0) is 16.8. The van der Waals surface area contributed by atoms with Crippen molar-refractivity contribution in [3.63, 3.8) is 0 Å². The summed E-state index contributed by atoms with van der Waals surface area (Å²) in [6.45, 7) is 6.02. The van der Waals surface area contributed by atoms with Crippen LogP contribution < -0.4 is 5.32 Å². The number of hydrogen-bond donors (Lipinski definition) is 1. The van der Waals surface area contributed by atoms with E-state index in [0.717, 1.165) is 45.0 Å². The molecule has 0 bridgehead atoms. The third-order valence-corrected chi connectivity index (χ3v) is 5.28. The average Bonchev–Trinajstić information content (AvgIpc) is 3.07. The molecule has 0 spiro atoms. The van der Waals surface area contributed by atoms with Crippen molar-refractivity contribution in [2.75, 3.05) is 38.0 Å². The van der Waals surface area contributed by atoms with Gasteiger partial charge in [0.25, 0.3) is 0 Å². The Morgan fingerprint density at radius 1 is 1.12 bits per heavy atom. The van der Waals surface area contributed by atoms with Crippen molar-refractivity contribution in [2.45, 2.75) is 13.0 Å². The molecule has 1 aromatic carbocycles. The molecule has 0 radical (unpaired) electrons. The van der Waals surface area contributed by atoms with Gasteiger partial charge in [-0.15, -0.1) is 11.3 Å². The minimum Gasteiger partial charge on any atom is -0.326 e. The van der Waals surface area contributed by atoms with Gasteiger partial charge in [-0.2, -0.15) is 0 Å². The summed E-state index contributed by atoms with van der Waals surface area (Å²) >= 11 is 7.74. The number of anilines is 1. The Morgan fingerprint density at radius 3 is 2.62 bits per heavy atom. The van der Waals surface area contributed by atoms with E-state index in [1.165, 1.54) is 4.88 Å². The summed E-state index contributed by atoms with van der Waals surface area (Å²) in [5.74, 6) is 0.0401. The van der Waals surface area contributed by atoms with Crippen molar-refractivity contribution in [3.05, 3.63) is 51.7 Å². The van der Waals surface area contributed by atoms with Crippen LogP contribution in [0, 0.1) is 0 Å². The topological polar surface area (TPSA) is 35.6 Å². The summed E-state index contributed by atoms with van der Waals surface area (Å²) in [5.41, 5.74) is 0.758. The largest absolute Gasteiger partial charge is 0.326 e. The van der Waals surface area contributed by atoms with Crippen molar-refractivity contribution < 1.29 is 4.79 Å². The Hall–Kier alpha value is -1.40. The highest BCUT2D eigenvalue weighted by atomic mass is 35.5. The summed E-state index contributed by atoms with van der Waals surface area (Å²) in [7, 11) is 0. The van der Waals surface area contributed by atoms with Gasteiger partial charge in [-0.1, -0.05) is 23.7 Å². The monoisotopic (exact) mass is 363 g/mol. The van der Waals surface area contributed by atoms with E-state index in [4.69, 9.17) is 11.6 Å². The van der Waals surface area contributed by atoms with Crippen LogP contribution in [0.5, 0.6) is 0 Å². The number of rotatable bonds is 6. The molecule has 128 valence electrons. The third-order valence-electron chi connectivity index (χ3n) is 4.19. The van der Waals surface area contributed by atoms with Crippen LogP contribution in [0.2, 0.25) is 5.02 Å². The van der Waals surface area contributed by atoms with Crippen molar-refractivity contribution in [2.24, 2.45) is 0 Å². The molecule has 2 heterocycles. The fraction of sp³-hybridized carbons (Fsp3) is 0.389. The minimum atomic E-state index is 0.0401. The third kappa shape index (κ3) is 5.31. The van der Waals surface area contributed by atoms with Crippen LogP contribution in [0.15, 0.2) is 41.8 Å². The van der Waals surface area contributed by atoms with E-state index in [1.54, 1.807) is 12.1 Å². The maximum Gasteiger partial charge on any atom is 0.225 e. The number of nitrogens with zero attached hydrogens (tertiary/aromatic N) is 2. The number of nitrogens with one attached hydrogen (secondary N) is 1. The van der Waals surface area contributed by atoms with E-state index < -0.39 is 0 Å². The Morgan fingerprint density at radius 2 is 1.92 bits per heavy atom. The van der Waals surface area contributed by atoms with Crippen LogP contribution in [-0.4, -0.2) is 48.4 Å². The first-order valence-corrected chi connectivity index (χ1v) is 9.47. The fourth-order valence-corrected chi connectivity index (χ4v) is 3.78. The fourth-order valence-electron chi connectivity index (χ4n) is 2.84. The zero-order valence-corrected chi connectivity index (χ0v) is 15.2. The highest BCUT2D eigenvalue weighted by molar-refractivity contribution is 7.09. The molecule has 1 fully saturated rings. The standard InChI is InChI=1S/C18H22ClN3OS/c19-15-3-1-4-16(13-15)20-18(23)6-7-21-8-10-22(11-9-21)14-17-5-2-12-24-17/h1-5,12-13H,6-11,14H2,(H,20,23). The summed E-state index contributed by atoms with van der Waals surface area (Å²) < 4.78 is 0. The lowest BCUT2D eigenvalue weighted by molar-refractivity contribution is -0.116. The summed E-state index contributed by atoms with van der Waals surface area (Å²) in [6, 6.07) is 11.6. The number of thiophene rings is 1. The van der Waals surface area contributed by atoms with Crippen LogP contribution in [0.3, 0.4) is 0 Å². The number of piperazine rings is 1. The molecule has 0 aliphatic carbocycles. The van der Waals surface area contributed by atoms with Gasteiger partial charge >= 0.3 is 0 Å². The molecule has 0 unspecified atom stereocenters. The molecule has 0 atom stereocenters. The zero-order valence-electron chi connectivity index (χ0n) is 13.6. The molecule has 1 saturated heterocycles. The molecule has 0 saturated carbocycles. The highest BCUT2D eigenvalue weighted by Crippen LogP contribution is 2.16. The van der Waals surface area contributed by atoms with Gasteiger partial charge in [0, 0.05) is 61.3 Å². The van der Waals surface area contributed by atoms with Crippen LogP contribution in [0.4, 0.5) is 5.69 Å². The molecule has 4 nitrogen and oxygen atoms in total. The van der Waals surface area contributed by atoms with Gasteiger partial charge < -0.3 is 10.2 Å². The smallest absolute Gasteiger partial charge is 0.225 e. The van der Waals surface area contributed by atoms with E-state index in [9.17, 15) is 4.79 Å². The summed E-state index contributed by atoms with van der Waals surface area (Å²) in [6.07, 6.45) is 0.511. The molecule has 24 heavy (non-hydrogen) atoms. The first-order chi connectivity index (χ1) is 11.7. The predicted molar refractivity (Wildman–Crippen MR) is 101 cm³/mol. The predicted octanol–water partition coefficient (Wildman–Crippen LogP) is 3.55. The van der Waals surface area contributed by atoms with Gasteiger partial charge in [0.05, 0.1) is 0 Å². The van der Waals surface area contributed by atoms with Crippen LogP contribution in [0.1, 0.15) is 11.3 Å². The molecule has 2 aromatic rings. The lowest BCUT2D eigenvalue weighted by Crippen LogP contribution is -2.46. The van der Waals surface area contributed by atoms with Crippen molar-refractivity contribution in [3.8, 4) is 0 Å². The van der Waals surface area contributed by atoms with Crippen LogP contribution in [-0.2, 0) is 11.3 Å². The van der Waals surface area contributed by atoms with E-state index in [2.05, 4.69) is 32.6 Å². The lowest BCUT2D eigenvalue weighted by Gasteiger charge is -2.34. The van der Waals surface area contributed by atoms with E-state index in [-0.39, 0.29) is 5.91 Å². The molecule has 1 N–H and O–H groups in total.